The van der Waals surface area contributed by atoms with Crippen molar-refractivity contribution in [2.45, 2.75) is 37.0 Å². The summed E-state index contributed by atoms with van der Waals surface area (Å²) in [7, 11) is -1.47. The normalized spacial score (nSPS) is 13.2. The van der Waals surface area contributed by atoms with Crippen LogP contribution in [0, 0.1) is 0 Å². The Morgan fingerprint density at radius 1 is 1.15 bits per heavy atom. The van der Waals surface area contributed by atoms with Gasteiger partial charge in [0.05, 0.1) is 10.1 Å². The van der Waals surface area contributed by atoms with E-state index in [1.165, 1.54) is 24.3 Å². The summed E-state index contributed by atoms with van der Waals surface area (Å²) in [5, 5.41) is 5.33. The first kappa shape index (κ1) is 16.7. The van der Waals surface area contributed by atoms with Crippen LogP contribution in [0.1, 0.15) is 31.1 Å². The average Bonchev–Trinajstić information content (AvgIpc) is 2.44. The van der Waals surface area contributed by atoms with Gasteiger partial charge in [-0.2, -0.15) is 0 Å². The molecule has 0 aliphatic carbocycles. The molecule has 0 fully saturated rings. The fraction of sp³-hybridized carbons (Fsp3) is 0.500. The summed E-state index contributed by atoms with van der Waals surface area (Å²) >= 11 is 0. The summed E-state index contributed by atoms with van der Waals surface area (Å²) in [6.45, 7) is 5.74. The van der Waals surface area contributed by atoms with E-state index in [0.717, 1.165) is 0 Å². The molecule has 6 heteroatoms. The molecule has 112 valence electrons. The molecule has 5 nitrogen and oxygen atoms in total. The Balaban J connectivity index is 2.79. The Bertz CT molecular complexity index is 550. The van der Waals surface area contributed by atoms with Crippen LogP contribution in [-0.2, 0) is 9.84 Å². The molecule has 0 saturated carbocycles. The lowest BCUT2D eigenvalue weighted by atomic mass is 10.2. The zero-order valence-corrected chi connectivity index (χ0v) is 13.1. The van der Waals surface area contributed by atoms with E-state index in [9.17, 15) is 13.2 Å². The molecule has 1 rings (SSSR count). The summed E-state index contributed by atoms with van der Waals surface area (Å²) in [6, 6.07) is 6.21. The van der Waals surface area contributed by atoms with E-state index in [1.807, 2.05) is 14.0 Å². The molecule has 1 unspecified atom stereocenters. The van der Waals surface area contributed by atoms with Crippen LogP contribution in [0.2, 0.25) is 0 Å². The van der Waals surface area contributed by atoms with Crippen molar-refractivity contribution in [3.05, 3.63) is 29.8 Å². The Kier molecular flexibility index (Phi) is 5.71. The number of carbonyl (C=O) groups excluding carboxylic acids is 1. The molecule has 0 aromatic heterocycles. The van der Waals surface area contributed by atoms with Gasteiger partial charge in [0.1, 0.15) is 0 Å². The quantitative estimate of drug-likeness (QED) is 0.827. The second-order valence-corrected chi connectivity index (χ2v) is 7.52. The van der Waals surface area contributed by atoms with Crippen LogP contribution in [0.15, 0.2) is 29.2 Å². The maximum atomic E-state index is 12.0. The molecule has 0 heterocycles. The Hall–Kier alpha value is -1.40. The highest BCUT2D eigenvalue weighted by Crippen LogP contribution is 2.16. The van der Waals surface area contributed by atoms with Gasteiger partial charge in [0, 0.05) is 18.2 Å². The van der Waals surface area contributed by atoms with Gasteiger partial charge in [-0.1, -0.05) is 0 Å². The molecule has 1 atom stereocenters. The predicted molar refractivity (Wildman–Crippen MR) is 79.6 cm³/mol. The van der Waals surface area contributed by atoms with Crippen LogP contribution >= 0.6 is 0 Å². The lowest BCUT2D eigenvalue weighted by molar-refractivity contribution is 0.0950. The van der Waals surface area contributed by atoms with E-state index in [0.29, 0.717) is 12.1 Å². The van der Waals surface area contributed by atoms with E-state index >= 15 is 0 Å². The van der Waals surface area contributed by atoms with Crippen molar-refractivity contribution < 1.29 is 13.2 Å². The summed E-state index contributed by atoms with van der Waals surface area (Å²) in [5.41, 5.74) is 0.455. The van der Waals surface area contributed by atoms with E-state index in [-0.39, 0.29) is 16.8 Å². The number of sulfone groups is 1. The first-order chi connectivity index (χ1) is 9.28. The largest absolute Gasteiger partial charge is 0.350 e. The molecule has 0 saturated heterocycles. The zero-order valence-electron chi connectivity index (χ0n) is 12.3. The van der Waals surface area contributed by atoms with E-state index in [1.54, 1.807) is 13.8 Å². The molecule has 1 amide bonds. The van der Waals surface area contributed by atoms with E-state index in [4.69, 9.17) is 0 Å². The molecule has 0 aliphatic heterocycles. The second kappa shape index (κ2) is 6.85. The first-order valence-electron chi connectivity index (χ1n) is 6.58. The molecule has 20 heavy (non-hydrogen) atoms. The molecular formula is C14H22N2O3S. The minimum Gasteiger partial charge on any atom is -0.350 e. The maximum Gasteiger partial charge on any atom is 0.251 e. The van der Waals surface area contributed by atoms with Gasteiger partial charge in [0.15, 0.2) is 9.84 Å². The van der Waals surface area contributed by atoms with Crippen molar-refractivity contribution in [1.82, 2.24) is 10.6 Å². The highest BCUT2D eigenvalue weighted by atomic mass is 32.2. The molecule has 0 bridgehead atoms. The van der Waals surface area contributed by atoms with Crippen molar-refractivity contribution in [3.8, 4) is 0 Å². The number of carbonyl (C=O) groups is 1. The van der Waals surface area contributed by atoms with Gasteiger partial charge in [-0.25, -0.2) is 8.42 Å². The van der Waals surface area contributed by atoms with Crippen molar-refractivity contribution in [3.63, 3.8) is 0 Å². The third-order valence-electron chi connectivity index (χ3n) is 3.13. The van der Waals surface area contributed by atoms with Gasteiger partial charge in [-0.15, -0.1) is 0 Å². The van der Waals surface area contributed by atoms with Gasteiger partial charge >= 0.3 is 0 Å². The van der Waals surface area contributed by atoms with E-state index in [2.05, 4.69) is 10.6 Å². The fourth-order valence-electron chi connectivity index (χ4n) is 1.52. The smallest absolute Gasteiger partial charge is 0.251 e. The zero-order chi connectivity index (χ0) is 15.3. The molecule has 0 aliphatic rings. The van der Waals surface area contributed by atoms with Crippen molar-refractivity contribution in [1.29, 1.82) is 0 Å². The summed E-state index contributed by atoms with van der Waals surface area (Å²) < 4.78 is 23.9. The number of likely N-dealkylation sites (N-methyl/N-ethyl adjacent to an activating group) is 1. The lowest BCUT2D eigenvalue weighted by Gasteiger charge is -2.12. The Labute approximate surface area is 120 Å². The van der Waals surface area contributed by atoms with Crippen molar-refractivity contribution in [2.75, 3.05) is 13.6 Å². The fourth-order valence-corrected chi connectivity index (χ4v) is 2.58. The Morgan fingerprint density at radius 2 is 1.70 bits per heavy atom. The lowest BCUT2D eigenvalue weighted by Crippen LogP contribution is -2.37. The number of benzene rings is 1. The van der Waals surface area contributed by atoms with Crippen molar-refractivity contribution in [2.24, 2.45) is 0 Å². The number of hydrogen-bond acceptors (Lipinski definition) is 4. The molecule has 1 aromatic carbocycles. The standard InChI is InChI=1S/C14H22N2O3S/c1-10(2)20(18,19)13-7-5-12(6-8-13)14(17)16-9-11(3)15-4/h5-8,10-11,15H,9H2,1-4H3,(H,16,17). The second-order valence-electron chi connectivity index (χ2n) is 5.02. The van der Waals surface area contributed by atoms with Crippen LogP contribution in [-0.4, -0.2) is 39.2 Å². The maximum absolute atomic E-state index is 12.0. The van der Waals surface area contributed by atoms with Gasteiger partial charge in [-0.3, -0.25) is 4.79 Å². The highest BCUT2D eigenvalue weighted by Gasteiger charge is 2.19. The van der Waals surface area contributed by atoms with Gasteiger partial charge in [0.25, 0.3) is 5.91 Å². The Morgan fingerprint density at radius 3 is 2.15 bits per heavy atom. The van der Waals surface area contributed by atoms with E-state index < -0.39 is 15.1 Å². The summed E-state index contributed by atoms with van der Waals surface area (Å²) in [5.74, 6) is -0.208. The summed E-state index contributed by atoms with van der Waals surface area (Å²) in [6.07, 6.45) is 0. The molecule has 1 aromatic rings. The van der Waals surface area contributed by atoms with Gasteiger partial charge in [0.2, 0.25) is 0 Å². The van der Waals surface area contributed by atoms with Crippen LogP contribution < -0.4 is 10.6 Å². The minimum absolute atomic E-state index is 0.180. The molecule has 2 N–H and O–H groups in total. The van der Waals surface area contributed by atoms with Gasteiger partial charge in [-0.05, 0) is 52.1 Å². The summed E-state index contributed by atoms with van der Waals surface area (Å²) in [4.78, 5) is 12.1. The van der Waals surface area contributed by atoms with Crippen LogP contribution in [0.4, 0.5) is 0 Å². The average molecular weight is 298 g/mol. The minimum atomic E-state index is -3.29. The SMILES string of the molecule is CNC(C)CNC(=O)c1ccc(S(=O)(=O)C(C)C)cc1. The van der Waals surface area contributed by atoms with Crippen LogP contribution in [0.25, 0.3) is 0 Å². The number of nitrogens with one attached hydrogen (secondary N) is 2. The third kappa shape index (κ3) is 4.05. The molecule has 0 spiro atoms. The monoisotopic (exact) mass is 298 g/mol. The van der Waals surface area contributed by atoms with Gasteiger partial charge < -0.3 is 10.6 Å². The highest BCUT2D eigenvalue weighted by molar-refractivity contribution is 7.92. The van der Waals surface area contributed by atoms with Crippen LogP contribution in [0.3, 0.4) is 0 Å². The number of hydrogen-bond donors (Lipinski definition) is 2. The van der Waals surface area contributed by atoms with Crippen LogP contribution in [0.5, 0.6) is 0 Å². The first-order valence-corrected chi connectivity index (χ1v) is 8.13. The number of amides is 1. The topological polar surface area (TPSA) is 75.3 Å². The van der Waals surface area contributed by atoms with Crippen molar-refractivity contribution >= 4 is 15.7 Å². The predicted octanol–water partition coefficient (Wildman–Crippen LogP) is 1.21. The molecular weight excluding hydrogens is 276 g/mol. The molecule has 0 radical (unpaired) electrons. The number of rotatable bonds is 6. The third-order valence-corrected chi connectivity index (χ3v) is 5.30.